The molecule has 0 radical (unpaired) electrons. The van der Waals surface area contributed by atoms with Crippen LogP contribution in [0.3, 0.4) is 0 Å². The van der Waals surface area contributed by atoms with Crippen molar-refractivity contribution in [2.75, 3.05) is 0 Å². The van der Waals surface area contributed by atoms with Crippen LogP contribution in [0, 0.1) is 0 Å². The molecule has 0 amide bonds. The average molecular weight is 983 g/mol. The molecule has 0 heterocycles. The fourth-order valence-corrected chi connectivity index (χ4v) is 14.0. The average Bonchev–Trinajstić information content (AvgIpc) is 3.22. The molecule has 17 aromatic carbocycles. The molecule has 0 aromatic heterocycles. The molecule has 0 saturated carbocycles. The van der Waals surface area contributed by atoms with Gasteiger partial charge in [-0.15, -0.1) is 0 Å². The van der Waals surface area contributed by atoms with Crippen molar-refractivity contribution in [2.45, 2.75) is 0 Å². The smallest absolute Gasteiger partial charge is 0.000719 e. The van der Waals surface area contributed by atoms with Crippen molar-refractivity contribution in [3.05, 3.63) is 279 Å². The van der Waals surface area contributed by atoms with E-state index in [0.717, 1.165) is 11.1 Å². The van der Waals surface area contributed by atoms with E-state index in [2.05, 4.69) is 279 Å². The zero-order valence-electron chi connectivity index (χ0n) is 42.6. The van der Waals surface area contributed by atoms with Gasteiger partial charge in [-0.05, 0) is 187 Å². The summed E-state index contributed by atoms with van der Waals surface area (Å²) in [5, 5.41) is 25.0. The first-order valence-electron chi connectivity index (χ1n) is 27.2. The lowest BCUT2D eigenvalue weighted by Gasteiger charge is -2.31. The summed E-state index contributed by atoms with van der Waals surface area (Å²) in [4.78, 5) is 0. The first kappa shape index (κ1) is 43.1. The van der Waals surface area contributed by atoms with E-state index in [4.69, 9.17) is 0 Å². The van der Waals surface area contributed by atoms with E-state index in [1.807, 2.05) is 0 Å². The lowest BCUT2D eigenvalue weighted by atomic mass is 9.71. The molecule has 358 valence electrons. The van der Waals surface area contributed by atoms with Gasteiger partial charge in [-0.1, -0.05) is 267 Å². The second kappa shape index (κ2) is 16.7. The molecule has 17 rings (SSSR count). The van der Waals surface area contributed by atoms with Crippen LogP contribution in [0.4, 0.5) is 0 Å². The monoisotopic (exact) mass is 982 g/mol. The summed E-state index contributed by atoms with van der Waals surface area (Å²) < 4.78 is 0. The van der Waals surface area contributed by atoms with Crippen molar-refractivity contribution in [1.29, 1.82) is 0 Å². The van der Waals surface area contributed by atoms with Crippen LogP contribution in [0.1, 0.15) is 0 Å². The molecule has 0 bridgehead atoms. The fraction of sp³-hybridized carbons (Fsp3) is 0. The Morgan fingerprint density at radius 1 is 0.141 bits per heavy atom. The minimum Gasteiger partial charge on any atom is -0.0622 e. The summed E-state index contributed by atoms with van der Waals surface area (Å²) >= 11 is 0. The van der Waals surface area contributed by atoms with Crippen molar-refractivity contribution in [3.8, 4) is 66.8 Å². The molecule has 0 aliphatic heterocycles. The highest BCUT2D eigenvalue weighted by molar-refractivity contribution is 6.32. The van der Waals surface area contributed by atoms with E-state index >= 15 is 0 Å². The molecule has 17 aromatic rings. The van der Waals surface area contributed by atoms with E-state index in [0.29, 0.717) is 0 Å². The molecule has 0 atom stereocenters. The Hall–Kier alpha value is -10.1. The molecule has 0 saturated heterocycles. The number of hydrogen-bond donors (Lipinski definition) is 0. The van der Waals surface area contributed by atoms with Gasteiger partial charge in [0.1, 0.15) is 0 Å². The Bertz CT molecular complexity index is 4930. The standard InChI is InChI=1S/C78H46/c1-3-17-47(18-4-1)73-75(65-43-39-53-35-33-49-23-15-25-51-37-41-63(65)71(53)69(49)51)76(66-44-40-54-36-34-50-24-16-26-52-38-42-64(66)72(54)70(50)52)74(48-19-5-2-6-20-48)78(68-46-56-22-8-10-28-58(56)60-30-12-14-32-62(60)68)77(73)67-45-55-21-7-9-27-57(55)59-29-11-13-31-61(59)67/h1-46H. The van der Waals surface area contributed by atoms with Crippen LogP contribution in [0.25, 0.3) is 174 Å². The van der Waals surface area contributed by atoms with Crippen molar-refractivity contribution < 1.29 is 0 Å². The lowest BCUT2D eigenvalue weighted by Crippen LogP contribution is -2.04. The van der Waals surface area contributed by atoms with Gasteiger partial charge in [-0.25, -0.2) is 0 Å². The third kappa shape index (κ3) is 6.17. The highest BCUT2D eigenvalue weighted by Crippen LogP contribution is 2.60. The van der Waals surface area contributed by atoms with Gasteiger partial charge in [0.25, 0.3) is 0 Å². The summed E-state index contributed by atoms with van der Waals surface area (Å²) in [6.45, 7) is 0. The third-order valence-corrected chi connectivity index (χ3v) is 17.3. The largest absolute Gasteiger partial charge is 0.0622 e. The van der Waals surface area contributed by atoms with Gasteiger partial charge in [-0.2, -0.15) is 0 Å². The molecule has 0 aliphatic carbocycles. The molecule has 78 heavy (non-hydrogen) atoms. The zero-order chi connectivity index (χ0) is 51.0. The zero-order valence-corrected chi connectivity index (χ0v) is 42.6. The number of rotatable bonds is 6. The Balaban J connectivity index is 1.21. The van der Waals surface area contributed by atoms with Crippen LogP contribution in [0.5, 0.6) is 0 Å². The van der Waals surface area contributed by atoms with E-state index in [9.17, 15) is 0 Å². The minimum absolute atomic E-state index is 1.16. The number of fused-ring (bicyclic) bond motifs is 6. The topological polar surface area (TPSA) is 0 Å². The van der Waals surface area contributed by atoms with Crippen molar-refractivity contribution in [1.82, 2.24) is 0 Å². The highest BCUT2D eigenvalue weighted by atomic mass is 14.4. The lowest BCUT2D eigenvalue weighted by molar-refractivity contribution is 1.55. The SMILES string of the molecule is c1ccc(-c2c(-c3cc4ccccc4c4ccccc34)c(-c3cc4ccccc4c4ccccc34)c(-c3ccccc3)c(-c3ccc4ccc5cccc6ccc3c4c56)c2-c2ccc3ccc4cccc5ccc2c3c45)cc1. The second-order valence-electron chi connectivity index (χ2n) is 21.3. The molecule has 0 fully saturated rings. The summed E-state index contributed by atoms with van der Waals surface area (Å²) in [6, 6.07) is 106. The molecule has 0 unspecified atom stereocenters. The fourth-order valence-electron chi connectivity index (χ4n) is 14.0. The van der Waals surface area contributed by atoms with Gasteiger partial charge < -0.3 is 0 Å². The Kier molecular flexibility index (Phi) is 9.22. The molecule has 0 nitrogen and oxygen atoms in total. The van der Waals surface area contributed by atoms with Gasteiger partial charge in [0.05, 0.1) is 0 Å². The predicted molar refractivity (Wildman–Crippen MR) is 336 cm³/mol. The van der Waals surface area contributed by atoms with Crippen LogP contribution >= 0.6 is 0 Å². The summed E-state index contributed by atoms with van der Waals surface area (Å²) in [7, 11) is 0. The van der Waals surface area contributed by atoms with Gasteiger partial charge in [0, 0.05) is 0 Å². The Labute approximate surface area is 451 Å². The van der Waals surface area contributed by atoms with Crippen LogP contribution in [-0.2, 0) is 0 Å². The number of hydrogen-bond acceptors (Lipinski definition) is 0. The minimum atomic E-state index is 1.16. The van der Waals surface area contributed by atoms with Crippen molar-refractivity contribution >= 4 is 108 Å². The molecular weight excluding hydrogens is 937 g/mol. The van der Waals surface area contributed by atoms with Crippen LogP contribution in [0.15, 0.2) is 279 Å². The molecule has 0 spiro atoms. The van der Waals surface area contributed by atoms with E-state index in [1.54, 1.807) is 0 Å². The molecule has 0 N–H and O–H groups in total. The normalized spacial score (nSPS) is 12.1. The second-order valence-corrected chi connectivity index (χ2v) is 21.3. The third-order valence-electron chi connectivity index (χ3n) is 17.3. The maximum Gasteiger partial charge on any atom is -0.000719 e. The Morgan fingerprint density at radius 3 is 0.846 bits per heavy atom. The van der Waals surface area contributed by atoms with Crippen LogP contribution in [0.2, 0.25) is 0 Å². The van der Waals surface area contributed by atoms with E-state index < -0.39 is 0 Å². The van der Waals surface area contributed by atoms with E-state index in [1.165, 1.54) is 163 Å². The maximum absolute atomic E-state index is 2.50. The van der Waals surface area contributed by atoms with Gasteiger partial charge in [-0.3, -0.25) is 0 Å². The van der Waals surface area contributed by atoms with Gasteiger partial charge in [0.15, 0.2) is 0 Å². The molecule has 0 heteroatoms. The first-order chi connectivity index (χ1) is 38.7. The summed E-state index contributed by atoms with van der Waals surface area (Å²) in [5.74, 6) is 0. The van der Waals surface area contributed by atoms with Crippen molar-refractivity contribution in [2.24, 2.45) is 0 Å². The molecular formula is C78H46. The van der Waals surface area contributed by atoms with Crippen LogP contribution < -0.4 is 0 Å². The van der Waals surface area contributed by atoms with E-state index in [-0.39, 0.29) is 0 Å². The predicted octanol–water partition coefficient (Wildman–Crippen LogP) is 22.1. The summed E-state index contributed by atoms with van der Waals surface area (Å²) in [5.41, 5.74) is 14.4. The molecule has 0 aliphatic rings. The maximum atomic E-state index is 2.50. The van der Waals surface area contributed by atoms with Gasteiger partial charge in [0.2, 0.25) is 0 Å². The quantitative estimate of drug-likeness (QED) is 0.146. The van der Waals surface area contributed by atoms with Crippen molar-refractivity contribution in [3.63, 3.8) is 0 Å². The van der Waals surface area contributed by atoms with Crippen LogP contribution in [-0.4, -0.2) is 0 Å². The number of benzene rings is 17. The summed E-state index contributed by atoms with van der Waals surface area (Å²) in [6.07, 6.45) is 0. The highest BCUT2D eigenvalue weighted by Gasteiger charge is 2.33. The Morgan fingerprint density at radius 2 is 0.436 bits per heavy atom. The van der Waals surface area contributed by atoms with Gasteiger partial charge >= 0.3 is 0 Å². The first-order valence-corrected chi connectivity index (χ1v) is 27.2.